The molecule has 0 aromatic rings. The lowest BCUT2D eigenvalue weighted by atomic mass is 10.1. The van der Waals surface area contributed by atoms with Crippen molar-refractivity contribution in [2.75, 3.05) is 20.6 Å². The zero-order valence-electron chi connectivity index (χ0n) is 10.1. The molecule has 0 aromatic heterocycles. The van der Waals surface area contributed by atoms with E-state index in [2.05, 4.69) is 23.2 Å². The van der Waals surface area contributed by atoms with Crippen LogP contribution in [0.3, 0.4) is 0 Å². The third-order valence-electron chi connectivity index (χ3n) is 2.68. The van der Waals surface area contributed by atoms with Gasteiger partial charge < -0.3 is 10.2 Å². The Morgan fingerprint density at radius 3 is 2.60 bits per heavy atom. The lowest BCUT2D eigenvalue weighted by Crippen LogP contribution is -2.39. The van der Waals surface area contributed by atoms with Gasteiger partial charge in [-0.2, -0.15) is 5.26 Å². The first-order chi connectivity index (χ1) is 7.06. The van der Waals surface area contributed by atoms with Gasteiger partial charge in [0.15, 0.2) is 0 Å². The van der Waals surface area contributed by atoms with Crippen LogP contribution in [-0.4, -0.2) is 37.5 Å². The van der Waals surface area contributed by atoms with Crippen molar-refractivity contribution in [2.45, 2.75) is 32.7 Å². The summed E-state index contributed by atoms with van der Waals surface area (Å²) < 4.78 is 0. The summed E-state index contributed by atoms with van der Waals surface area (Å²) in [5, 5.41) is 11.3. The maximum atomic E-state index is 11.3. The van der Waals surface area contributed by atoms with Gasteiger partial charge in [0.25, 0.3) is 0 Å². The molecule has 86 valence electrons. The molecule has 0 saturated heterocycles. The van der Waals surface area contributed by atoms with Crippen LogP contribution < -0.4 is 5.32 Å². The molecule has 2 unspecified atom stereocenters. The molecule has 1 amide bonds. The van der Waals surface area contributed by atoms with Crippen molar-refractivity contribution in [2.24, 2.45) is 5.92 Å². The fourth-order valence-electron chi connectivity index (χ4n) is 1.63. The molecule has 4 nitrogen and oxygen atoms in total. The second-order valence-corrected chi connectivity index (χ2v) is 3.88. The van der Waals surface area contributed by atoms with E-state index in [1.807, 2.05) is 14.0 Å². The molecular weight excluding hydrogens is 190 g/mol. The molecular formula is C11H21N3O. The molecule has 0 saturated carbocycles. The molecule has 0 bridgehead atoms. The molecule has 0 aliphatic carbocycles. The molecule has 0 heterocycles. The number of nitrogens with zero attached hydrogens (tertiary/aromatic N) is 2. The van der Waals surface area contributed by atoms with Gasteiger partial charge in [-0.15, -0.1) is 0 Å². The summed E-state index contributed by atoms with van der Waals surface area (Å²) in [6.45, 7) is 4.65. The van der Waals surface area contributed by atoms with E-state index in [0.29, 0.717) is 13.0 Å². The van der Waals surface area contributed by atoms with Crippen LogP contribution in [0.2, 0.25) is 0 Å². The molecule has 0 radical (unpaired) electrons. The molecule has 0 rings (SSSR count). The molecule has 0 aromatic carbocycles. The number of amides is 1. The quantitative estimate of drug-likeness (QED) is 0.713. The van der Waals surface area contributed by atoms with E-state index < -0.39 is 0 Å². The van der Waals surface area contributed by atoms with E-state index in [4.69, 9.17) is 5.26 Å². The number of hydrogen-bond donors (Lipinski definition) is 1. The Hall–Kier alpha value is -1.08. The number of nitrogens with one attached hydrogen (secondary N) is 1. The van der Waals surface area contributed by atoms with E-state index >= 15 is 0 Å². The Morgan fingerprint density at radius 2 is 2.20 bits per heavy atom. The minimum atomic E-state index is -0.0345. The van der Waals surface area contributed by atoms with Crippen LogP contribution in [-0.2, 0) is 4.79 Å². The van der Waals surface area contributed by atoms with Crippen LogP contribution in [0, 0.1) is 17.2 Å². The van der Waals surface area contributed by atoms with E-state index in [9.17, 15) is 4.79 Å². The second kappa shape index (κ2) is 7.24. The highest BCUT2D eigenvalue weighted by molar-refractivity contribution is 5.78. The maximum absolute atomic E-state index is 11.3. The van der Waals surface area contributed by atoms with Crippen LogP contribution >= 0.6 is 0 Å². The number of nitriles is 1. The Kier molecular flexibility index (Phi) is 6.72. The van der Waals surface area contributed by atoms with Crippen LogP contribution in [0.4, 0.5) is 0 Å². The maximum Gasteiger partial charge on any atom is 0.223 e. The molecule has 4 heteroatoms. The van der Waals surface area contributed by atoms with Crippen molar-refractivity contribution in [3.63, 3.8) is 0 Å². The summed E-state index contributed by atoms with van der Waals surface area (Å²) in [6.07, 6.45) is 1.46. The van der Waals surface area contributed by atoms with Gasteiger partial charge in [0, 0.05) is 25.6 Å². The summed E-state index contributed by atoms with van der Waals surface area (Å²) in [5.74, 6) is 0.0152. The predicted molar refractivity (Wildman–Crippen MR) is 60.2 cm³/mol. The van der Waals surface area contributed by atoms with Gasteiger partial charge in [0.05, 0.1) is 12.5 Å². The molecule has 2 atom stereocenters. The average molecular weight is 211 g/mol. The standard InChI is InChI=1S/C11H21N3O/c1-5-10(6-7-12)14(4)8-9(2)11(15)13-3/h9-10H,5-6,8H2,1-4H3,(H,13,15). The highest BCUT2D eigenvalue weighted by Crippen LogP contribution is 2.08. The summed E-state index contributed by atoms with van der Waals surface area (Å²) in [6, 6.07) is 2.43. The molecule has 0 fully saturated rings. The van der Waals surface area contributed by atoms with E-state index in [1.165, 1.54) is 0 Å². The lowest BCUT2D eigenvalue weighted by molar-refractivity contribution is -0.124. The van der Waals surface area contributed by atoms with Crippen LogP contribution in [0.1, 0.15) is 26.7 Å². The van der Waals surface area contributed by atoms with Crippen molar-refractivity contribution in [3.8, 4) is 6.07 Å². The smallest absolute Gasteiger partial charge is 0.223 e. The Morgan fingerprint density at radius 1 is 1.60 bits per heavy atom. The van der Waals surface area contributed by atoms with E-state index in [0.717, 1.165) is 6.42 Å². The third-order valence-corrected chi connectivity index (χ3v) is 2.68. The minimum absolute atomic E-state index is 0.0345. The van der Waals surface area contributed by atoms with E-state index in [-0.39, 0.29) is 17.9 Å². The Labute approximate surface area is 92.3 Å². The highest BCUT2D eigenvalue weighted by atomic mass is 16.1. The van der Waals surface area contributed by atoms with Gasteiger partial charge in [-0.05, 0) is 13.5 Å². The average Bonchev–Trinajstić information content (AvgIpc) is 2.24. The van der Waals surface area contributed by atoms with Crippen molar-refractivity contribution in [3.05, 3.63) is 0 Å². The van der Waals surface area contributed by atoms with Crippen LogP contribution in [0.15, 0.2) is 0 Å². The zero-order chi connectivity index (χ0) is 11.8. The lowest BCUT2D eigenvalue weighted by Gasteiger charge is -2.27. The fourth-order valence-corrected chi connectivity index (χ4v) is 1.63. The van der Waals surface area contributed by atoms with Gasteiger partial charge >= 0.3 is 0 Å². The van der Waals surface area contributed by atoms with Gasteiger partial charge in [0.2, 0.25) is 5.91 Å². The summed E-state index contributed by atoms with van der Waals surface area (Å²) in [5.41, 5.74) is 0. The SMILES string of the molecule is CCC(CC#N)N(C)CC(C)C(=O)NC. The molecule has 15 heavy (non-hydrogen) atoms. The Balaban J connectivity index is 4.15. The number of rotatable bonds is 6. The monoisotopic (exact) mass is 211 g/mol. The van der Waals surface area contributed by atoms with Gasteiger partial charge in [-0.1, -0.05) is 13.8 Å². The summed E-state index contributed by atoms with van der Waals surface area (Å²) >= 11 is 0. The second-order valence-electron chi connectivity index (χ2n) is 3.88. The third kappa shape index (κ3) is 4.80. The zero-order valence-corrected chi connectivity index (χ0v) is 10.1. The van der Waals surface area contributed by atoms with Gasteiger partial charge in [-0.3, -0.25) is 4.79 Å². The van der Waals surface area contributed by atoms with E-state index in [1.54, 1.807) is 7.05 Å². The van der Waals surface area contributed by atoms with Crippen molar-refractivity contribution < 1.29 is 4.79 Å². The largest absolute Gasteiger partial charge is 0.359 e. The first-order valence-electron chi connectivity index (χ1n) is 5.35. The molecule has 0 aliphatic heterocycles. The highest BCUT2D eigenvalue weighted by Gasteiger charge is 2.18. The molecule has 0 spiro atoms. The molecule has 1 N–H and O–H groups in total. The first kappa shape index (κ1) is 13.9. The minimum Gasteiger partial charge on any atom is -0.359 e. The van der Waals surface area contributed by atoms with Crippen molar-refractivity contribution in [1.82, 2.24) is 10.2 Å². The van der Waals surface area contributed by atoms with Crippen molar-refractivity contribution >= 4 is 5.91 Å². The number of carbonyl (C=O) groups is 1. The van der Waals surface area contributed by atoms with Gasteiger partial charge in [-0.25, -0.2) is 0 Å². The number of hydrogen-bond acceptors (Lipinski definition) is 3. The topological polar surface area (TPSA) is 56.1 Å². The van der Waals surface area contributed by atoms with Crippen molar-refractivity contribution in [1.29, 1.82) is 5.26 Å². The predicted octanol–water partition coefficient (Wildman–Crippen LogP) is 0.993. The van der Waals surface area contributed by atoms with Crippen LogP contribution in [0.25, 0.3) is 0 Å². The summed E-state index contributed by atoms with van der Waals surface area (Å²) in [4.78, 5) is 13.4. The van der Waals surface area contributed by atoms with Gasteiger partial charge in [0.1, 0.15) is 0 Å². The summed E-state index contributed by atoms with van der Waals surface area (Å²) in [7, 11) is 3.61. The Bertz CT molecular complexity index is 234. The normalized spacial score (nSPS) is 14.4. The number of carbonyl (C=O) groups excluding carboxylic acids is 1. The molecule has 0 aliphatic rings. The first-order valence-corrected chi connectivity index (χ1v) is 5.35. The fraction of sp³-hybridized carbons (Fsp3) is 0.818. The van der Waals surface area contributed by atoms with Crippen LogP contribution in [0.5, 0.6) is 0 Å².